The number of nitrogens with one attached hydrogen (secondary N) is 2. The molecule has 1 aliphatic heterocycles. The van der Waals surface area contributed by atoms with E-state index in [1.54, 1.807) is 0 Å². The van der Waals surface area contributed by atoms with E-state index in [4.69, 9.17) is 9.73 Å². The average molecular weight is 390 g/mol. The molecule has 1 fully saturated rings. The van der Waals surface area contributed by atoms with E-state index in [1.165, 1.54) is 11.1 Å². The molecule has 0 aliphatic carbocycles. The van der Waals surface area contributed by atoms with Gasteiger partial charge in [0.2, 0.25) is 0 Å². The van der Waals surface area contributed by atoms with Crippen LogP contribution >= 0.6 is 0 Å². The van der Waals surface area contributed by atoms with Crippen LogP contribution in [0.1, 0.15) is 38.3 Å². The Hall–Kier alpha value is -1.63. The van der Waals surface area contributed by atoms with Crippen molar-refractivity contribution in [2.45, 2.75) is 40.3 Å². The summed E-state index contributed by atoms with van der Waals surface area (Å²) in [6.07, 6.45) is 1.12. The van der Waals surface area contributed by atoms with Gasteiger partial charge in [-0.1, -0.05) is 38.1 Å². The molecule has 0 amide bonds. The van der Waals surface area contributed by atoms with E-state index in [0.717, 1.165) is 78.0 Å². The molecular formula is C22H39N5O. The van der Waals surface area contributed by atoms with Crippen LogP contribution in [-0.4, -0.2) is 74.8 Å². The summed E-state index contributed by atoms with van der Waals surface area (Å²) in [6.45, 7) is 17.2. The molecule has 0 atom stereocenters. The predicted molar refractivity (Wildman–Crippen MR) is 118 cm³/mol. The molecular weight excluding hydrogens is 350 g/mol. The zero-order valence-electron chi connectivity index (χ0n) is 18.0. The maximum Gasteiger partial charge on any atom is 0.191 e. The average Bonchev–Trinajstić information content (AvgIpc) is 2.74. The van der Waals surface area contributed by atoms with Crippen molar-refractivity contribution < 1.29 is 4.74 Å². The van der Waals surface area contributed by atoms with E-state index in [0.29, 0.717) is 6.54 Å². The molecule has 158 valence electrons. The van der Waals surface area contributed by atoms with Gasteiger partial charge < -0.3 is 15.4 Å². The van der Waals surface area contributed by atoms with Crippen LogP contribution in [0.2, 0.25) is 0 Å². The minimum atomic E-state index is 0.699. The Bertz CT molecular complexity index is 551. The summed E-state index contributed by atoms with van der Waals surface area (Å²) in [5, 5.41) is 6.80. The van der Waals surface area contributed by atoms with Crippen molar-refractivity contribution in [3.63, 3.8) is 0 Å². The Morgan fingerprint density at radius 3 is 2.36 bits per heavy atom. The highest BCUT2D eigenvalue weighted by Gasteiger charge is 2.09. The van der Waals surface area contributed by atoms with Gasteiger partial charge in [0, 0.05) is 32.7 Å². The van der Waals surface area contributed by atoms with Crippen molar-refractivity contribution in [1.29, 1.82) is 0 Å². The molecule has 1 saturated heterocycles. The van der Waals surface area contributed by atoms with Crippen LogP contribution in [0.3, 0.4) is 0 Å². The molecule has 1 aromatic carbocycles. The molecule has 6 nitrogen and oxygen atoms in total. The maximum atomic E-state index is 5.40. The molecule has 1 heterocycles. The van der Waals surface area contributed by atoms with E-state index in [2.05, 4.69) is 65.5 Å². The van der Waals surface area contributed by atoms with Gasteiger partial charge in [0.15, 0.2) is 5.96 Å². The van der Waals surface area contributed by atoms with Gasteiger partial charge in [-0.2, -0.15) is 0 Å². The van der Waals surface area contributed by atoms with E-state index in [9.17, 15) is 0 Å². The van der Waals surface area contributed by atoms with Crippen LogP contribution in [0.15, 0.2) is 29.3 Å². The Morgan fingerprint density at radius 2 is 1.71 bits per heavy atom. The normalized spacial score (nSPS) is 15.8. The lowest BCUT2D eigenvalue weighted by Gasteiger charge is -2.26. The van der Waals surface area contributed by atoms with Crippen LogP contribution in [0.4, 0.5) is 0 Å². The summed E-state index contributed by atoms with van der Waals surface area (Å²) in [5.74, 6) is 0.900. The smallest absolute Gasteiger partial charge is 0.191 e. The van der Waals surface area contributed by atoms with Crippen LogP contribution in [0.25, 0.3) is 0 Å². The lowest BCUT2D eigenvalue weighted by atomic mass is 10.1. The molecule has 2 N–H and O–H groups in total. The van der Waals surface area contributed by atoms with Crippen LogP contribution in [0, 0.1) is 0 Å². The third kappa shape index (κ3) is 8.59. The lowest BCUT2D eigenvalue weighted by Crippen LogP contribution is -2.40. The summed E-state index contributed by atoms with van der Waals surface area (Å²) < 4.78 is 5.40. The van der Waals surface area contributed by atoms with E-state index < -0.39 is 0 Å². The van der Waals surface area contributed by atoms with E-state index >= 15 is 0 Å². The molecule has 6 heteroatoms. The zero-order valence-corrected chi connectivity index (χ0v) is 18.0. The molecule has 28 heavy (non-hydrogen) atoms. The van der Waals surface area contributed by atoms with Gasteiger partial charge in [0.1, 0.15) is 0 Å². The van der Waals surface area contributed by atoms with Gasteiger partial charge in [-0.15, -0.1) is 0 Å². The molecule has 1 aromatic rings. The molecule has 0 bridgehead atoms. The summed E-state index contributed by atoms with van der Waals surface area (Å²) in [5.41, 5.74) is 2.61. The number of ether oxygens (including phenoxy) is 1. The second-order valence-corrected chi connectivity index (χ2v) is 7.21. The van der Waals surface area contributed by atoms with Gasteiger partial charge in [0.25, 0.3) is 0 Å². The fourth-order valence-electron chi connectivity index (χ4n) is 3.30. The third-order valence-corrected chi connectivity index (χ3v) is 5.13. The van der Waals surface area contributed by atoms with Crippen molar-refractivity contribution in [3.05, 3.63) is 35.4 Å². The van der Waals surface area contributed by atoms with Crippen molar-refractivity contribution in [2.24, 2.45) is 4.99 Å². The number of nitrogens with zero attached hydrogens (tertiary/aromatic N) is 3. The van der Waals surface area contributed by atoms with Crippen molar-refractivity contribution >= 4 is 5.96 Å². The summed E-state index contributed by atoms with van der Waals surface area (Å²) in [7, 11) is 0. The van der Waals surface area contributed by atoms with Crippen molar-refractivity contribution in [3.8, 4) is 0 Å². The number of benzene rings is 1. The van der Waals surface area contributed by atoms with E-state index in [1.807, 2.05) is 0 Å². The fourth-order valence-corrected chi connectivity index (χ4v) is 3.30. The molecule has 0 unspecified atom stereocenters. The SMILES string of the molecule is CCNC(=NCc1ccc(CN(CC)CC)cc1)NCCCN1CCOCC1. The summed E-state index contributed by atoms with van der Waals surface area (Å²) in [6, 6.07) is 8.85. The maximum absolute atomic E-state index is 5.40. The van der Waals surface area contributed by atoms with E-state index in [-0.39, 0.29) is 0 Å². The summed E-state index contributed by atoms with van der Waals surface area (Å²) >= 11 is 0. The molecule has 0 aromatic heterocycles. The molecule has 0 spiro atoms. The molecule has 0 radical (unpaired) electrons. The van der Waals surface area contributed by atoms with Crippen LogP contribution in [0.5, 0.6) is 0 Å². The van der Waals surface area contributed by atoms with Crippen molar-refractivity contribution in [1.82, 2.24) is 20.4 Å². The lowest BCUT2D eigenvalue weighted by molar-refractivity contribution is 0.0376. The summed E-state index contributed by atoms with van der Waals surface area (Å²) in [4.78, 5) is 9.64. The highest BCUT2D eigenvalue weighted by Crippen LogP contribution is 2.08. The standard InChI is InChI=1S/C22H39N5O/c1-4-23-22(24-12-7-13-27-14-16-28-17-15-27)25-18-20-8-10-21(11-9-20)19-26(5-2)6-3/h8-11H,4-7,12-19H2,1-3H3,(H2,23,24,25). The van der Waals surface area contributed by atoms with Gasteiger partial charge in [-0.25, -0.2) is 4.99 Å². The highest BCUT2D eigenvalue weighted by molar-refractivity contribution is 5.79. The Kier molecular flexibility index (Phi) is 10.9. The first-order valence-corrected chi connectivity index (χ1v) is 10.9. The number of morpholine rings is 1. The van der Waals surface area contributed by atoms with Crippen molar-refractivity contribution in [2.75, 3.05) is 59.0 Å². The first-order valence-electron chi connectivity index (χ1n) is 10.9. The first kappa shape index (κ1) is 22.7. The third-order valence-electron chi connectivity index (χ3n) is 5.13. The second kappa shape index (κ2) is 13.5. The first-order chi connectivity index (χ1) is 13.7. The largest absolute Gasteiger partial charge is 0.379 e. The zero-order chi connectivity index (χ0) is 20.0. The molecule has 1 aliphatic rings. The topological polar surface area (TPSA) is 52.1 Å². The van der Waals surface area contributed by atoms with Gasteiger partial charge in [-0.05, 0) is 44.1 Å². The number of rotatable bonds is 11. The minimum absolute atomic E-state index is 0.699. The van der Waals surface area contributed by atoms with Gasteiger partial charge in [0.05, 0.1) is 19.8 Å². The Labute approximate surface area is 171 Å². The quantitative estimate of drug-likeness (QED) is 0.346. The Balaban J connectivity index is 1.75. The van der Waals surface area contributed by atoms with Gasteiger partial charge >= 0.3 is 0 Å². The predicted octanol–water partition coefficient (Wildman–Crippen LogP) is 2.31. The highest BCUT2D eigenvalue weighted by atomic mass is 16.5. The molecule has 2 rings (SSSR count). The monoisotopic (exact) mass is 389 g/mol. The minimum Gasteiger partial charge on any atom is -0.379 e. The molecule has 0 saturated carbocycles. The number of aliphatic imine (C=N–C) groups is 1. The second-order valence-electron chi connectivity index (χ2n) is 7.21. The number of guanidine groups is 1. The van der Waals surface area contributed by atoms with Crippen LogP contribution < -0.4 is 10.6 Å². The van der Waals surface area contributed by atoms with Crippen LogP contribution in [-0.2, 0) is 17.8 Å². The van der Waals surface area contributed by atoms with Gasteiger partial charge in [-0.3, -0.25) is 9.80 Å². The number of hydrogen-bond acceptors (Lipinski definition) is 4. The Morgan fingerprint density at radius 1 is 1.04 bits per heavy atom. The fraction of sp³-hybridized carbons (Fsp3) is 0.682. The number of hydrogen-bond donors (Lipinski definition) is 2.